The molecule has 0 bridgehead atoms. The normalized spacial score (nSPS) is 12.7. The Balaban J connectivity index is 4.25. The Morgan fingerprint density at radius 3 is 2.09 bits per heavy atom. The highest BCUT2D eigenvalue weighted by Crippen LogP contribution is 2.05. The third-order valence-corrected chi connectivity index (χ3v) is 1.62. The van der Waals surface area contributed by atoms with Crippen molar-refractivity contribution < 1.29 is 9.59 Å². The molecule has 1 atom stereocenters. The Bertz CT molecular complexity index is 159. The van der Waals surface area contributed by atoms with Crippen LogP contribution in [-0.4, -0.2) is 37.9 Å². The maximum atomic E-state index is 10.6. The molecule has 0 fully saturated rings. The predicted molar refractivity (Wildman–Crippen MR) is 43.6 cm³/mol. The van der Waals surface area contributed by atoms with Gasteiger partial charge < -0.3 is 9.69 Å². The summed E-state index contributed by atoms with van der Waals surface area (Å²) in [6.45, 7) is 3.72. The fourth-order valence-corrected chi connectivity index (χ4v) is 0.843. The Morgan fingerprint density at radius 2 is 2.00 bits per heavy atom. The third-order valence-electron chi connectivity index (χ3n) is 1.62. The molecule has 2 radical (unpaired) electrons. The summed E-state index contributed by atoms with van der Waals surface area (Å²) in [5.41, 5.74) is 0. The predicted octanol–water partition coefficient (Wildman–Crippen LogP) is 0.430. The Morgan fingerprint density at radius 1 is 1.55 bits per heavy atom. The zero-order valence-corrected chi connectivity index (χ0v) is 7.07. The van der Waals surface area contributed by atoms with Gasteiger partial charge in [-0.15, -0.1) is 0 Å². The average Bonchev–Trinajstić information content (AvgIpc) is 1.88. The van der Waals surface area contributed by atoms with Crippen molar-refractivity contribution in [2.24, 2.45) is 5.92 Å². The molecule has 0 aromatic carbocycles. The van der Waals surface area contributed by atoms with Gasteiger partial charge in [0.25, 0.3) is 0 Å². The van der Waals surface area contributed by atoms with Crippen LogP contribution in [0.25, 0.3) is 0 Å². The van der Waals surface area contributed by atoms with E-state index in [0.29, 0.717) is 0 Å². The van der Waals surface area contributed by atoms with Crippen molar-refractivity contribution in [3.8, 4) is 0 Å². The maximum Gasteiger partial charge on any atom is 0.200 e. The number of carbonyl (C=O) groups excluding carboxylic acids is 2. The largest absolute Gasteiger partial charge is 0.346 e. The lowest BCUT2D eigenvalue weighted by Gasteiger charge is -2.25. The zero-order valence-electron chi connectivity index (χ0n) is 7.07. The topological polar surface area (TPSA) is 37.4 Å². The van der Waals surface area contributed by atoms with Crippen molar-refractivity contribution in [2.75, 3.05) is 7.05 Å². The summed E-state index contributed by atoms with van der Waals surface area (Å²) in [4.78, 5) is 22.3. The van der Waals surface area contributed by atoms with Crippen LogP contribution in [0, 0.1) is 5.92 Å². The van der Waals surface area contributed by atoms with Crippen LogP contribution in [0.5, 0.6) is 0 Å². The van der Waals surface area contributed by atoms with Crippen molar-refractivity contribution in [3.05, 3.63) is 0 Å². The molecular formula is C7H12BNO2. The van der Waals surface area contributed by atoms with E-state index in [9.17, 15) is 9.59 Å². The number of carbonyl (C=O) groups is 2. The molecule has 0 saturated heterocycles. The minimum absolute atomic E-state index is 0.102. The van der Waals surface area contributed by atoms with Gasteiger partial charge in [-0.3, -0.25) is 4.79 Å². The lowest BCUT2D eigenvalue weighted by atomic mass is 10.0. The maximum absolute atomic E-state index is 10.6. The molecule has 0 aromatic rings. The molecule has 3 nitrogen and oxygen atoms in total. The van der Waals surface area contributed by atoms with Crippen LogP contribution in [0.1, 0.15) is 13.8 Å². The van der Waals surface area contributed by atoms with Crippen molar-refractivity contribution in [2.45, 2.75) is 19.9 Å². The summed E-state index contributed by atoms with van der Waals surface area (Å²) >= 11 is 0. The summed E-state index contributed by atoms with van der Waals surface area (Å²) in [5, 5.41) is 0. The lowest BCUT2D eigenvalue weighted by Crippen LogP contribution is -2.40. The first-order valence-corrected chi connectivity index (χ1v) is 3.48. The van der Waals surface area contributed by atoms with Gasteiger partial charge in [-0.25, -0.2) is 0 Å². The smallest absolute Gasteiger partial charge is 0.200 e. The molecule has 11 heavy (non-hydrogen) atoms. The molecule has 0 aliphatic heterocycles. The summed E-state index contributed by atoms with van der Waals surface area (Å²) in [6.07, 6.45) is 0.732. The fourth-order valence-electron chi connectivity index (χ4n) is 0.843. The first kappa shape index (κ1) is 10.2. The molecule has 0 aliphatic carbocycles. The van der Waals surface area contributed by atoms with E-state index in [1.165, 1.54) is 11.9 Å². The van der Waals surface area contributed by atoms with Gasteiger partial charge in [0.15, 0.2) is 5.81 Å². The quantitative estimate of drug-likeness (QED) is 0.435. The minimum Gasteiger partial charge on any atom is -0.346 e. The second-order valence-electron chi connectivity index (χ2n) is 2.82. The molecule has 0 saturated carbocycles. The number of likely N-dealkylation sites (N-methyl/N-ethyl adjacent to an activating group) is 1. The molecule has 1 amide bonds. The van der Waals surface area contributed by atoms with Crippen LogP contribution < -0.4 is 0 Å². The van der Waals surface area contributed by atoms with Gasteiger partial charge in [-0.1, -0.05) is 13.8 Å². The van der Waals surface area contributed by atoms with E-state index in [-0.39, 0.29) is 5.92 Å². The van der Waals surface area contributed by atoms with Gasteiger partial charge in [-0.2, -0.15) is 0 Å². The number of nitrogens with zero attached hydrogens (tertiary/aromatic N) is 1. The highest BCUT2D eigenvalue weighted by atomic mass is 16.2. The van der Waals surface area contributed by atoms with Crippen molar-refractivity contribution in [1.82, 2.24) is 4.90 Å². The van der Waals surface area contributed by atoms with Gasteiger partial charge in [0.05, 0.1) is 6.04 Å². The molecule has 4 heteroatoms. The minimum atomic E-state index is -0.573. The summed E-state index contributed by atoms with van der Waals surface area (Å²) < 4.78 is 0. The molecule has 0 unspecified atom stereocenters. The van der Waals surface area contributed by atoms with Gasteiger partial charge >= 0.3 is 0 Å². The fraction of sp³-hybridized carbons (Fsp3) is 0.714. The first-order valence-electron chi connectivity index (χ1n) is 3.48. The van der Waals surface area contributed by atoms with Crippen LogP contribution in [0.15, 0.2) is 0 Å². The van der Waals surface area contributed by atoms with Gasteiger partial charge in [0.1, 0.15) is 6.29 Å². The molecule has 0 N–H and O–H groups in total. The molecule has 0 rings (SSSR count). The monoisotopic (exact) mass is 153 g/mol. The number of amides is 1. The van der Waals surface area contributed by atoms with Crippen molar-refractivity contribution in [1.29, 1.82) is 0 Å². The van der Waals surface area contributed by atoms with Crippen LogP contribution in [0.2, 0.25) is 0 Å². The molecule has 0 aromatic heterocycles. The van der Waals surface area contributed by atoms with E-state index in [1.54, 1.807) is 0 Å². The standard InChI is InChI=1S/C7H12BNO2/c1-5(2)6(4-10)9(3)7(8)11/h4-6H,1-3H3/t6-/m1/s1. The Kier molecular flexibility index (Phi) is 3.86. The van der Waals surface area contributed by atoms with E-state index in [1.807, 2.05) is 13.8 Å². The van der Waals surface area contributed by atoms with E-state index in [2.05, 4.69) is 0 Å². The first-order chi connectivity index (χ1) is 5.00. The Labute approximate surface area is 68.2 Å². The SMILES string of the molecule is [B]C(=O)N(C)[C@H](C=O)C(C)C. The van der Waals surface area contributed by atoms with Crippen LogP contribution in [-0.2, 0) is 4.79 Å². The average molecular weight is 153 g/mol. The third kappa shape index (κ3) is 2.74. The highest BCUT2D eigenvalue weighted by molar-refractivity contribution is 6.57. The lowest BCUT2D eigenvalue weighted by molar-refractivity contribution is -0.112. The highest BCUT2D eigenvalue weighted by Gasteiger charge is 2.18. The zero-order chi connectivity index (χ0) is 9.02. The molecule has 0 spiro atoms. The van der Waals surface area contributed by atoms with E-state index >= 15 is 0 Å². The molecular weight excluding hydrogens is 141 g/mol. The number of rotatable bonds is 3. The second-order valence-corrected chi connectivity index (χ2v) is 2.82. The van der Waals surface area contributed by atoms with E-state index in [4.69, 9.17) is 7.85 Å². The van der Waals surface area contributed by atoms with Gasteiger partial charge in [-0.05, 0) is 5.92 Å². The Hall–Kier alpha value is -0.795. The van der Waals surface area contributed by atoms with Crippen LogP contribution in [0.3, 0.4) is 0 Å². The molecule has 0 heterocycles. The van der Waals surface area contributed by atoms with Crippen LogP contribution in [0.4, 0.5) is 4.79 Å². The summed E-state index contributed by atoms with van der Waals surface area (Å²) in [5.74, 6) is -0.471. The van der Waals surface area contributed by atoms with Gasteiger partial charge in [0, 0.05) is 7.05 Å². The van der Waals surface area contributed by atoms with Crippen molar-refractivity contribution in [3.63, 3.8) is 0 Å². The van der Waals surface area contributed by atoms with Gasteiger partial charge in [0.2, 0.25) is 7.85 Å². The number of aldehydes is 1. The molecule has 60 valence electrons. The number of hydrogen-bond acceptors (Lipinski definition) is 2. The summed E-state index contributed by atoms with van der Waals surface area (Å²) in [6, 6.07) is -0.410. The van der Waals surface area contributed by atoms with E-state index in [0.717, 1.165) is 6.29 Å². The van der Waals surface area contributed by atoms with E-state index < -0.39 is 11.8 Å². The second kappa shape index (κ2) is 4.16. The summed E-state index contributed by atoms with van der Waals surface area (Å²) in [7, 11) is 6.49. The number of hydrogen-bond donors (Lipinski definition) is 0. The molecule has 0 aliphatic rings. The van der Waals surface area contributed by atoms with Crippen LogP contribution >= 0.6 is 0 Å². The van der Waals surface area contributed by atoms with Crippen molar-refractivity contribution >= 4 is 19.9 Å².